The van der Waals surface area contributed by atoms with E-state index >= 15 is 0 Å². The molecule has 0 saturated heterocycles. The van der Waals surface area contributed by atoms with Crippen LogP contribution in [-0.4, -0.2) is 54.9 Å². The van der Waals surface area contributed by atoms with E-state index in [1.54, 1.807) is 18.2 Å². The molecule has 198 valence electrons. The van der Waals surface area contributed by atoms with E-state index in [0.717, 1.165) is 5.56 Å². The molecule has 0 bridgehead atoms. The number of aliphatic hydroxyl groups excluding tert-OH is 1. The quantitative estimate of drug-likeness (QED) is 0.335. The van der Waals surface area contributed by atoms with Crippen LogP contribution < -0.4 is 18.9 Å². The molecule has 2 aromatic carbocycles. The lowest BCUT2D eigenvalue weighted by Crippen LogP contribution is -2.18. The number of aliphatic hydroxyl groups is 1. The molecule has 13 heteroatoms. The number of benzene rings is 2. The molecule has 0 fully saturated rings. The lowest BCUT2D eigenvalue weighted by Gasteiger charge is -2.19. The second kappa shape index (κ2) is 11.2. The third-order valence-electron chi connectivity index (χ3n) is 4.97. The number of methoxy groups -OCH3 is 1. The van der Waals surface area contributed by atoms with Crippen LogP contribution in [0.4, 0.5) is 5.82 Å². The minimum absolute atomic E-state index is 0.0246. The summed E-state index contributed by atoms with van der Waals surface area (Å²) >= 11 is 6.24. The third-order valence-corrected chi connectivity index (χ3v) is 6.63. The normalized spacial score (nSPS) is 11.6. The van der Waals surface area contributed by atoms with Crippen LogP contribution >= 0.6 is 11.6 Å². The predicted molar refractivity (Wildman–Crippen MR) is 136 cm³/mol. The van der Waals surface area contributed by atoms with E-state index in [2.05, 4.69) is 14.7 Å². The highest BCUT2D eigenvalue weighted by atomic mass is 35.5. The molecule has 0 atom stereocenters. The Labute approximate surface area is 219 Å². The Morgan fingerprint density at radius 2 is 1.78 bits per heavy atom. The first-order valence-corrected chi connectivity index (χ1v) is 12.8. The van der Waals surface area contributed by atoms with Gasteiger partial charge >= 0.3 is 5.97 Å². The molecule has 3 rings (SSSR count). The molecular formula is C24H26ClN3O8S. The van der Waals surface area contributed by atoms with Gasteiger partial charge in [0.2, 0.25) is 11.6 Å². The smallest absolute Gasteiger partial charge is 0.374 e. The average Bonchev–Trinajstić information content (AvgIpc) is 2.84. The first-order valence-electron chi connectivity index (χ1n) is 10.9. The predicted octanol–water partition coefficient (Wildman–Crippen LogP) is 4.10. The van der Waals surface area contributed by atoms with E-state index in [1.807, 2.05) is 20.8 Å². The van der Waals surface area contributed by atoms with Gasteiger partial charge in [-0.25, -0.2) is 13.2 Å². The summed E-state index contributed by atoms with van der Waals surface area (Å²) in [4.78, 5) is 19.2. The standard InChI is InChI=1S/C24H26ClN3O8S/c1-24(2,3)14-5-8-16(9-6-14)37(32,33)28-20-19(36-18-13-15(34-4)7-10-17(18)25)22(35-12-11-29)27-21(26-20)23(30)31/h5-10,13,29H,11-12H2,1-4H3,(H,30,31)(H,26,27,28). The Bertz CT molecular complexity index is 1390. The van der Waals surface area contributed by atoms with Gasteiger partial charge in [-0.05, 0) is 35.2 Å². The summed E-state index contributed by atoms with van der Waals surface area (Å²) in [6.07, 6.45) is 0. The van der Waals surface area contributed by atoms with E-state index in [1.165, 1.54) is 31.4 Å². The molecule has 37 heavy (non-hydrogen) atoms. The van der Waals surface area contributed by atoms with Gasteiger partial charge in [-0.2, -0.15) is 9.97 Å². The molecule has 11 nitrogen and oxygen atoms in total. The lowest BCUT2D eigenvalue weighted by molar-refractivity contribution is 0.0681. The van der Waals surface area contributed by atoms with Crippen molar-refractivity contribution >= 4 is 33.4 Å². The third kappa shape index (κ3) is 6.79. The number of ether oxygens (including phenoxy) is 3. The number of halogens is 1. The van der Waals surface area contributed by atoms with Crippen LogP contribution in [0.3, 0.4) is 0 Å². The molecule has 0 radical (unpaired) electrons. The second-order valence-electron chi connectivity index (χ2n) is 8.69. The highest BCUT2D eigenvalue weighted by Gasteiger charge is 2.27. The van der Waals surface area contributed by atoms with Gasteiger partial charge in [0, 0.05) is 6.07 Å². The van der Waals surface area contributed by atoms with Crippen molar-refractivity contribution in [1.82, 2.24) is 9.97 Å². The molecule has 0 unspecified atom stereocenters. The Kier molecular flexibility index (Phi) is 8.46. The number of sulfonamides is 1. The number of carbonyl (C=O) groups is 1. The Morgan fingerprint density at radius 1 is 1.11 bits per heavy atom. The van der Waals surface area contributed by atoms with Gasteiger partial charge in [0.15, 0.2) is 5.82 Å². The minimum atomic E-state index is -4.27. The van der Waals surface area contributed by atoms with Crippen LogP contribution in [0.1, 0.15) is 37.0 Å². The zero-order valence-electron chi connectivity index (χ0n) is 20.5. The number of carboxylic acid groups (broad SMARTS) is 1. The zero-order chi connectivity index (χ0) is 27.4. The summed E-state index contributed by atoms with van der Waals surface area (Å²) < 4.78 is 45.1. The van der Waals surface area contributed by atoms with E-state index in [0.29, 0.717) is 5.75 Å². The highest BCUT2D eigenvalue weighted by Crippen LogP contribution is 2.41. The number of rotatable bonds is 10. The fourth-order valence-corrected chi connectivity index (χ4v) is 4.21. The molecule has 0 spiro atoms. The van der Waals surface area contributed by atoms with Crippen LogP contribution in [0.5, 0.6) is 23.1 Å². The van der Waals surface area contributed by atoms with Crippen LogP contribution in [0, 0.1) is 0 Å². The van der Waals surface area contributed by atoms with Crippen molar-refractivity contribution in [2.75, 3.05) is 25.0 Å². The van der Waals surface area contributed by atoms with Crippen molar-refractivity contribution in [1.29, 1.82) is 0 Å². The summed E-state index contributed by atoms with van der Waals surface area (Å²) in [5.74, 6) is -3.23. The van der Waals surface area contributed by atoms with Crippen LogP contribution in [-0.2, 0) is 15.4 Å². The number of hydrogen-bond donors (Lipinski definition) is 3. The lowest BCUT2D eigenvalue weighted by atomic mass is 9.87. The maximum Gasteiger partial charge on any atom is 0.374 e. The van der Waals surface area contributed by atoms with E-state index in [9.17, 15) is 23.4 Å². The van der Waals surface area contributed by atoms with Gasteiger partial charge in [0.1, 0.15) is 18.1 Å². The number of hydrogen-bond acceptors (Lipinski definition) is 9. The fourth-order valence-electron chi connectivity index (χ4n) is 3.05. The van der Waals surface area contributed by atoms with Crippen molar-refractivity contribution in [2.45, 2.75) is 31.1 Å². The second-order valence-corrected chi connectivity index (χ2v) is 10.8. The number of nitrogens with one attached hydrogen (secondary N) is 1. The number of carboxylic acids is 1. The molecule has 3 aromatic rings. The van der Waals surface area contributed by atoms with Crippen molar-refractivity contribution in [3.8, 4) is 23.1 Å². The van der Waals surface area contributed by atoms with Gasteiger partial charge in [0.25, 0.3) is 15.9 Å². The van der Waals surface area contributed by atoms with Crippen LogP contribution in [0.15, 0.2) is 47.4 Å². The van der Waals surface area contributed by atoms with E-state index in [-0.39, 0.29) is 33.4 Å². The van der Waals surface area contributed by atoms with Crippen molar-refractivity contribution in [3.63, 3.8) is 0 Å². The van der Waals surface area contributed by atoms with Gasteiger partial charge < -0.3 is 24.4 Å². The number of nitrogens with zero attached hydrogens (tertiary/aromatic N) is 2. The zero-order valence-corrected chi connectivity index (χ0v) is 22.1. The topological polar surface area (TPSA) is 157 Å². The van der Waals surface area contributed by atoms with Crippen molar-refractivity contribution < 1.29 is 37.6 Å². The molecule has 0 aliphatic carbocycles. The molecule has 0 saturated carbocycles. The first kappa shape index (κ1) is 28.0. The van der Waals surface area contributed by atoms with Crippen molar-refractivity contribution in [2.24, 2.45) is 0 Å². The molecular weight excluding hydrogens is 526 g/mol. The number of anilines is 1. The molecule has 3 N–H and O–H groups in total. The highest BCUT2D eigenvalue weighted by molar-refractivity contribution is 7.92. The summed E-state index contributed by atoms with van der Waals surface area (Å²) in [7, 11) is -2.84. The first-order chi connectivity index (χ1) is 17.4. The maximum atomic E-state index is 13.2. The summed E-state index contributed by atoms with van der Waals surface area (Å²) in [5.41, 5.74) is 0.715. The average molecular weight is 552 g/mol. The van der Waals surface area contributed by atoms with E-state index in [4.69, 9.17) is 25.8 Å². The van der Waals surface area contributed by atoms with Gasteiger partial charge in [0.05, 0.1) is 23.6 Å². The van der Waals surface area contributed by atoms with Crippen LogP contribution in [0.25, 0.3) is 0 Å². The number of aromatic nitrogens is 2. The summed E-state index contributed by atoms with van der Waals surface area (Å²) in [6, 6.07) is 10.7. The Hall–Kier alpha value is -3.61. The molecule has 0 aliphatic heterocycles. The maximum absolute atomic E-state index is 13.2. The fraction of sp³-hybridized carbons (Fsp3) is 0.292. The van der Waals surface area contributed by atoms with Crippen LogP contribution in [0.2, 0.25) is 5.02 Å². The summed E-state index contributed by atoms with van der Waals surface area (Å²) in [6.45, 7) is 5.24. The SMILES string of the molecule is COc1ccc(Cl)c(Oc2c(NS(=O)(=O)c3ccc(C(C)(C)C)cc3)nc(C(=O)O)nc2OCCO)c1. The van der Waals surface area contributed by atoms with Crippen molar-refractivity contribution in [3.05, 3.63) is 58.9 Å². The molecule has 1 aromatic heterocycles. The number of aromatic carboxylic acids is 1. The van der Waals surface area contributed by atoms with Gasteiger partial charge in [-0.1, -0.05) is 44.5 Å². The Morgan fingerprint density at radius 3 is 2.35 bits per heavy atom. The van der Waals surface area contributed by atoms with Gasteiger partial charge in [-0.3, -0.25) is 4.72 Å². The molecule has 0 amide bonds. The summed E-state index contributed by atoms with van der Waals surface area (Å²) in [5, 5.41) is 18.8. The van der Waals surface area contributed by atoms with E-state index < -0.39 is 40.1 Å². The Balaban J connectivity index is 2.14. The van der Waals surface area contributed by atoms with Gasteiger partial charge in [-0.15, -0.1) is 0 Å². The molecule has 1 heterocycles. The molecule has 0 aliphatic rings. The minimum Gasteiger partial charge on any atom is -0.497 e. The largest absolute Gasteiger partial charge is 0.497 e. The monoisotopic (exact) mass is 551 g/mol.